The number of nitrogens with one attached hydrogen (secondary N) is 1. The number of rotatable bonds is 4. The van der Waals surface area contributed by atoms with E-state index in [1.807, 2.05) is 12.3 Å². The first-order chi connectivity index (χ1) is 8.27. The van der Waals surface area contributed by atoms with E-state index in [-0.39, 0.29) is 6.04 Å². The van der Waals surface area contributed by atoms with E-state index < -0.39 is 0 Å². The fraction of sp³-hybridized carbons (Fsp3) is 0.308. The van der Waals surface area contributed by atoms with E-state index in [0.717, 1.165) is 17.9 Å². The van der Waals surface area contributed by atoms with Gasteiger partial charge in [-0.25, -0.2) is 0 Å². The lowest BCUT2D eigenvalue weighted by molar-refractivity contribution is 0.552. The number of nitrogens with zero attached hydrogens (tertiary/aromatic N) is 3. The quantitative estimate of drug-likeness (QED) is 0.870. The predicted octanol–water partition coefficient (Wildman–Crippen LogP) is 2.03. The zero-order valence-electron chi connectivity index (χ0n) is 10.1. The molecule has 0 aliphatic carbocycles. The van der Waals surface area contributed by atoms with Crippen LogP contribution >= 0.6 is 0 Å². The maximum Gasteiger partial charge on any atom is 0.0753 e. The zero-order chi connectivity index (χ0) is 12.1. The Kier molecular flexibility index (Phi) is 3.77. The van der Waals surface area contributed by atoms with E-state index in [1.54, 1.807) is 18.6 Å². The van der Waals surface area contributed by atoms with E-state index in [4.69, 9.17) is 0 Å². The van der Waals surface area contributed by atoms with Crippen LogP contribution in [0.3, 0.4) is 0 Å². The summed E-state index contributed by atoms with van der Waals surface area (Å²) in [6.45, 7) is 4.88. The lowest BCUT2D eigenvalue weighted by Crippen LogP contribution is -2.20. The van der Waals surface area contributed by atoms with Crippen molar-refractivity contribution in [3.63, 3.8) is 0 Å². The Morgan fingerprint density at radius 3 is 2.82 bits per heavy atom. The van der Waals surface area contributed by atoms with E-state index in [0.29, 0.717) is 0 Å². The molecule has 0 aromatic carbocycles. The van der Waals surface area contributed by atoms with Crippen LogP contribution < -0.4 is 5.32 Å². The van der Waals surface area contributed by atoms with Crippen LogP contribution in [0.4, 0.5) is 0 Å². The van der Waals surface area contributed by atoms with Crippen LogP contribution in [0, 0.1) is 6.92 Å². The molecule has 0 aliphatic heterocycles. The molecule has 0 spiro atoms. The highest BCUT2D eigenvalue weighted by atomic mass is 15.0. The second-order valence-corrected chi connectivity index (χ2v) is 4.00. The van der Waals surface area contributed by atoms with Crippen molar-refractivity contribution >= 4 is 0 Å². The molecule has 0 bridgehead atoms. The zero-order valence-corrected chi connectivity index (χ0v) is 10.1. The molecule has 0 fully saturated rings. The van der Waals surface area contributed by atoms with Gasteiger partial charge in [0.15, 0.2) is 0 Å². The summed E-state index contributed by atoms with van der Waals surface area (Å²) >= 11 is 0. The second-order valence-electron chi connectivity index (χ2n) is 4.00. The number of aromatic nitrogens is 3. The Balaban J connectivity index is 1.97. The highest BCUT2D eigenvalue weighted by Crippen LogP contribution is 2.09. The van der Waals surface area contributed by atoms with E-state index in [1.165, 1.54) is 5.56 Å². The predicted molar refractivity (Wildman–Crippen MR) is 66.3 cm³/mol. The Hall–Kier alpha value is -1.81. The molecule has 88 valence electrons. The third-order valence-corrected chi connectivity index (χ3v) is 2.72. The first kappa shape index (κ1) is 11.7. The smallest absolute Gasteiger partial charge is 0.0753 e. The van der Waals surface area contributed by atoms with Crippen LogP contribution in [0.1, 0.15) is 29.9 Å². The van der Waals surface area contributed by atoms with Crippen LogP contribution in [0.5, 0.6) is 0 Å². The number of hydrogen-bond acceptors (Lipinski definition) is 4. The van der Waals surface area contributed by atoms with E-state index >= 15 is 0 Å². The SMILES string of the molecule is Cc1cccnc1CNC(C)c1cnccn1. The van der Waals surface area contributed by atoms with Crippen molar-refractivity contribution in [1.82, 2.24) is 20.3 Å². The summed E-state index contributed by atoms with van der Waals surface area (Å²) in [7, 11) is 0. The van der Waals surface area contributed by atoms with Gasteiger partial charge < -0.3 is 5.32 Å². The third-order valence-electron chi connectivity index (χ3n) is 2.72. The molecule has 2 rings (SSSR count). The van der Waals surface area contributed by atoms with Gasteiger partial charge in [0.2, 0.25) is 0 Å². The summed E-state index contributed by atoms with van der Waals surface area (Å²) in [6.07, 6.45) is 6.98. The topological polar surface area (TPSA) is 50.7 Å². The molecule has 1 unspecified atom stereocenters. The second kappa shape index (κ2) is 5.50. The van der Waals surface area contributed by atoms with Gasteiger partial charge in [0.25, 0.3) is 0 Å². The molecule has 0 saturated heterocycles. The van der Waals surface area contributed by atoms with Gasteiger partial charge >= 0.3 is 0 Å². The maximum absolute atomic E-state index is 4.35. The van der Waals surface area contributed by atoms with Gasteiger partial charge in [0.1, 0.15) is 0 Å². The Morgan fingerprint density at radius 2 is 2.12 bits per heavy atom. The standard InChI is InChI=1S/C13H16N4/c1-10-4-3-5-15-12(10)9-17-11(2)13-8-14-6-7-16-13/h3-8,11,17H,9H2,1-2H3. The lowest BCUT2D eigenvalue weighted by atomic mass is 10.2. The minimum atomic E-state index is 0.171. The Bertz CT molecular complexity index is 470. The van der Waals surface area contributed by atoms with Crippen molar-refractivity contribution < 1.29 is 0 Å². The molecular weight excluding hydrogens is 212 g/mol. The van der Waals surface area contributed by atoms with E-state index in [2.05, 4.69) is 40.2 Å². The minimum Gasteiger partial charge on any atom is -0.303 e. The van der Waals surface area contributed by atoms with Crippen LogP contribution in [0.15, 0.2) is 36.9 Å². The van der Waals surface area contributed by atoms with Crippen LogP contribution in [-0.2, 0) is 6.54 Å². The first-order valence-electron chi connectivity index (χ1n) is 5.67. The normalized spacial score (nSPS) is 12.4. The van der Waals surface area contributed by atoms with Crippen molar-refractivity contribution in [3.8, 4) is 0 Å². The molecule has 0 saturated carbocycles. The molecule has 0 amide bonds. The van der Waals surface area contributed by atoms with Gasteiger partial charge in [-0.1, -0.05) is 6.07 Å². The van der Waals surface area contributed by atoms with Gasteiger partial charge in [0, 0.05) is 37.4 Å². The van der Waals surface area contributed by atoms with Crippen molar-refractivity contribution in [2.75, 3.05) is 0 Å². The lowest BCUT2D eigenvalue weighted by Gasteiger charge is -2.13. The maximum atomic E-state index is 4.35. The fourth-order valence-electron chi connectivity index (χ4n) is 1.59. The molecule has 0 radical (unpaired) electrons. The number of pyridine rings is 1. The fourth-order valence-corrected chi connectivity index (χ4v) is 1.59. The van der Waals surface area contributed by atoms with Crippen molar-refractivity contribution in [3.05, 3.63) is 53.9 Å². The molecule has 1 N–H and O–H groups in total. The van der Waals surface area contributed by atoms with E-state index in [9.17, 15) is 0 Å². The Morgan fingerprint density at radius 1 is 1.24 bits per heavy atom. The molecular formula is C13H16N4. The Labute approximate surface area is 101 Å². The molecule has 17 heavy (non-hydrogen) atoms. The monoisotopic (exact) mass is 228 g/mol. The summed E-state index contributed by atoms with van der Waals surface area (Å²) in [5, 5.41) is 3.39. The average Bonchev–Trinajstić information content (AvgIpc) is 2.38. The van der Waals surface area contributed by atoms with Gasteiger partial charge in [-0.3, -0.25) is 15.0 Å². The van der Waals surface area contributed by atoms with Crippen LogP contribution in [0.25, 0.3) is 0 Å². The van der Waals surface area contributed by atoms with Gasteiger partial charge in [-0.05, 0) is 25.5 Å². The van der Waals surface area contributed by atoms with Crippen LogP contribution in [-0.4, -0.2) is 15.0 Å². The molecule has 1 atom stereocenters. The molecule has 2 aromatic heterocycles. The summed E-state index contributed by atoms with van der Waals surface area (Å²) in [5.41, 5.74) is 3.22. The highest BCUT2D eigenvalue weighted by Gasteiger charge is 2.07. The van der Waals surface area contributed by atoms with Gasteiger partial charge in [-0.15, -0.1) is 0 Å². The minimum absolute atomic E-state index is 0.171. The first-order valence-corrected chi connectivity index (χ1v) is 5.67. The molecule has 4 heteroatoms. The molecule has 2 aromatic rings. The largest absolute Gasteiger partial charge is 0.303 e. The summed E-state index contributed by atoms with van der Waals surface area (Å²) < 4.78 is 0. The molecule has 4 nitrogen and oxygen atoms in total. The average molecular weight is 228 g/mol. The van der Waals surface area contributed by atoms with Crippen molar-refractivity contribution in [1.29, 1.82) is 0 Å². The molecule has 2 heterocycles. The summed E-state index contributed by atoms with van der Waals surface area (Å²) in [6, 6.07) is 4.19. The summed E-state index contributed by atoms with van der Waals surface area (Å²) in [4.78, 5) is 12.7. The number of aryl methyl sites for hydroxylation is 1. The molecule has 0 aliphatic rings. The van der Waals surface area contributed by atoms with Gasteiger partial charge in [-0.2, -0.15) is 0 Å². The van der Waals surface area contributed by atoms with Crippen molar-refractivity contribution in [2.45, 2.75) is 26.4 Å². The number of hydrogen-bond donors (Lipinski definition) is 1. The van der Waals surface area contributed by atoms with Crippen molar-refractivity contribution in [2.24, 2.45) is 0 Å². The van der Waals surface area contributed by atoms with Gasteiger partial charge in [0.05, 0.1) is 11.4 Å². The third kappa shape index (κ3) is 3.07. The summed E-state index contributed by atoms with van der Waals surface area (Å²) in [5.74, 6) is 0. The highest BCUT2D eigenvalue weighted by molar-refractivity contribution is 5.17. The van der Waals surface area contributed by atoms with Crippen LogP contribution in [0.2, 0.25) is 0 Å².